The molecule has 19 heavy (non-hydrogen) atoms. The minimum atomic E-state index is -0.331. The minimum absolute atomic E-state index is 0.331. The van der Waals surface area contributed by atoms with Crippen LogP contribution in [0.5, 0.6) is 0 Å². The Balaban J connectivity index is 1.89. The minimum Gasteiger partial charge on any atom is -0.462 e. The molecule has 0 atom stereocenters. The van der Waals surface area contributed by atoms with Crippen molar-refractivity contribution in [2.24, 2.45) is 0 Å². The normalized spacial score (nSPS) is 10.2. The summed E-state index contributed by atoms with van der Waals surface area (Å²) in [6.07, 6.45) is 0.716. The number of carbonyl (C=O) groups is 1. The second-order valence-corrected chi connectivity index (χ2v) is 4.44. The summed E-state index contributed by atoms with van der Waals surface area (Å²) >= 11 is 0. The number of carbonyl (C=O) groups excluding carboxylic acids is 1. The fourth-order valence-corrected chi connectivity index (χ4v) is 1.76. The highest BCUT2D eigenvalue weighted by molar-refractivity contribution is 5.90. The van der Waals surface area contributed by atoms with Crippen molar-refractivity contribution in [1.82, 2.24) is 0 Å². The van der Waals surface area contributed by atoms with Crippen molar-refractivity contribution in [2.45, 2.75) is 13.3 Å². The van der Waals surface area contributed by atoms with E-state index >= 15 is 0 Å². The summed E-state index contributed by atoms with van der Waals surface area (Å²) in [4.78, 5) is 11.8. The summed E-state index contributed by atoms with van der Waals surface area (Å²) in [6, 6.07) is 15.1. The molecule has 0 fully saturated rings. The lowest BCUT2D eigenvalue weighted by molar-refractivity contribution is 0.0509. The molecule has 3 heteroatoms. The first kappa shape index (κ1) is 13.1. The summed E-state index contributed by atoms with van der Waals surface area (Å²) in [7, 11) is 0. The predicted octanol–water partition coefficient (Wildman–Crippen LogP) is 2.98. The van der Waals surface area contributed by atoms with Crippen LogP contribution in [0.3, 0.4) is 0 Å². The molecule has 0 aliphatic heterocycles. The summed E-state index contributed by atoms with van der Waals surface area (Å²) in [5.74, 6) is -0.331. The molecule has 0 saturated carbocycles. The van der Waals surface area contributed by atoms with Gasteiger partial charge in [-0.05, 0) is 30.2 Å². The maximum atomic E-state index is 11.8. The monoisotopic (exact) mass is 255 g/mol. The standard InChI is InChI=1S/C16H17NO2/c1-12-7-8-14(11-15(12)17)16(18)19-10-9-13-5-3-2-4-6-13/h2-8,11H,9-10,17H2,1H3. The van der Waals surface area contributed by atoms with Crippen LogP contribution >= 0.6 is 0 Å². The molecule has 0 spiro atoms. The van der Waals surface area contributed by atoms with E-state index in [2.05, 4.69) is 0 Å². The largest absolute Gasteiger partial charge is 0.462 e. The van der Waals surface area contributed by atoms with Crippen LogP contribution in [0.1, 0.15) is 21.5 Å². The molecule has 0 heterocycles. The zero-order valence-corrected chi connectivity index (χ0v) is 10.9. The van der Waals surface area contributed by atoms with E-state index < -0.39 is 0 Å². The number of hydrogen-bond donors (Lipinski definition) is 1. The van der Waals surface area contributed by atoms with Crippen molar-refractivity contribution >= 4 is 11.7 Å². The van der Waals surface area contributed by atoms with Crippen molar-refractivity contribution in [2.75, 3.05) is 12.3 Å². The summed E-state index contributed by atoms with van der Waals surface area (Å²) in [5, 5.41) is 0. The van der Waals surface area contributed by atoms with Gasteiger partial charge in [0.15, 0.2) is 0 Å². The van der Waals surface area contributed by atoms with Crippen LogP contribution in [-0.4, -0.2) is 12.6 Å². The Kier molecular flexibility index (Phi) is 4.18. The van der Waals surface area contributed by atoms with Crippen molar-refractivity contribution in [1.29, 1.82) is 0 Å². The number of hydrogen-bond acceptors (Lipinski definition) is 3. The SMILES string of the molecule is Cc1ccc(C(=O)OCCc2ccccc2)cc1N. The highest BCUT2D eigenvalue weighted by Crippen LogP contribution is 2.13. The molecule has 98 valence electrons. The molecule has 0 radical (unpaired) electrons. The van der Waals surface area contributed by atoms with E-state index in [0.29, 0.717) is 24.3 Å². The van der Waals surface area contributed by atoms with E-state index in [1.54, 1.807) is 12.1 Å². The van der Waals surface area contributed by atoms with Crippen LogP contribution in [0.4, 0.5) is 5.69 Å². The van der Waals surface area contributed by atoms with Crippen LogP contribution in [0.25, 0.3) is 0 Å². The number of nitrogen functional groups attached to an aromatic ring is 1. The van der Waals surface area contributed by atoms with E-state index in [-0.39, 0.29) is 5.97 Å². The number of rotatable bonds is 4. The molecule has 2 aromatic rings. The third-order valence-electron chi connectivity index (χ3n) is 2.98. The van der Waals surface area contributed by atoms with E-state index in [1.807, 2.05) is 43.3 Å². The van der Waals surface area contributed by atoms with Gasteiger partial charge in [-0.3, -0.25) is 0 Å². The molecule has 3 nitrogen and oxygen atoms in total. The fraction of sp³-hybridized carbons (Fsp3) is 0.188. The topological polar surface area (TPSA) is 52.3 Å². The lowest BCUT2D eigenvalue weighted by atomic mass is 10.1. The molecule has 0 aromatic heterocycles. The van der Waals surface area contributed by atoms with E-state index in [0.717, 1.165) is 11.1 Å². The Morgan fingerprint density at radius 1 is 1.16 bits per heavy atom. The average Bonchev–Trinajstić information content (AvgIpc) is 2.43. The van der Waals surface area contributed by atoms with Gasteiger partial charge in [-0.25, -0.2) is 4.79 Å². The van der Waals surface area contributed by atoms with Gasteiger partial charge in [0.05, 0.1) is 12.2 Å². The number of esters is 1. The highest BCUT2D eigenvalue weighted by Gasteiger charge is 2.08. The van der Waals surface area contributed by atoms with Gasteiger partial charge < -0.3 is 10.5 Å². The van der Waals surface area contributed by atoms with Crippen molar-refractivity contribution < 1.29 is 9.53 Å². The Labute approximate surface area is 113 Å². The van der Waals surface area contributed by atoms with Gasteiger partial charge in [-0.15, -0.1) is 0 Å². The maximum absolute atomic E-state index is 11.8. The second kappa shape index (κ2) is 6.05. The molecule has 0 amide bonds. The van der Waals surface area contributed by atoms with Crippen molar-refractivity contribution in [3.05, 3.63) is 65.2 Å². The van der Waals surface area contributed by atoms with Crippen LogP contribution in [0.15, 0.2) is 48.5 Å². The Bertz CT molecular complexity index is 564. The van der Waals surface area contributed by atoms with Crippen LogP contribution < -0.4 is 5.73 Å². The van der Waals surface area contributed by atoms with Gasteiger partial charge in [0.1, 0.15) is 0 Å². The van der Waals surface area contributed by atoms with Gasteiger partial charge in [0, 0.05) is 12.1 Å². The van der Waals surface area contributed by atoms with Crippen LogP contribution in [0.2, 0.25) is 0 Å². The lowest BCUT2D eigenvalue weighted by Gasteiger charge is -2.06. The van der Waals surface area contributed by atoms with Crippen molar-refractivity contribution in [3.8, 4) is 0 Å². The predicted molar refractivity (Wildman–Crippen MR) is 76.0 cm³/mol. The second-order valence-electron chi connectivity index (χ2n) is 4.44. The van der Waals surface area contributed by atoms with Gasteiger partial charge in [0.2, 0.25) is 0 Å². The van der Waals surface area contributed by atoms with Gasteiger partial charge in [-0.2, -0.15) is 0 Å². The average molecular weight is 255 g/mol. The summed E-state index contributed by atoms with van der Waals surface area (Å²) in [6.45, 7) is 2.27. The van der Waals surface area contributed by atoms with Gasteiger partial charge in [-0.1, -0.05) is 36.4 Å². The zero-order valence-electron chi connectivity index (χ0n) is 10.9. The third kappa shape index (κ3) is 3.58. The summed E-state index contributed by atoms with van der Waals surface area (Å²) < 4.78 is 5.23. The zero-order chi connectivity index (χ0) is 13.7. The fourth-order valence-electron chi connectivity index (χ4n) is 1.76. The van der Waals surface area contributed by atoms with E-state index in [4.69, 9.17) is 10.5 Å². The Hall–Kier alpha value is -2.29. The smallest absolute Gasteiger partial charge is 0.338 e. The molecular formula is C16H17NO2. The molecule has 0 bridgehead atoms. The lowest BCUT2D eigenvalue weighted by Crippen LogP contribution is -2.08. The first-order valence-electron chi connectivity index (χ1n) is 6.24. The van der Waals surface area contributed by atoms with Crippen molar-refractivity contribution in [3.63, 3.8) is 0 Å². The molecule has 0 aliphatic carbocycles. The maximum Gasteiger partial charge on any atom is 0.338 e. The number of benzene rings is 2. The molecule has 2 N–H and O–H groups in total. The first-order chi connectivity index (χ1) is 9.16. The van der Waals surface area contributed by atoms with E-state index in [1.165, 1.54) is 0 Å². The van der Waals surface area contributed by atoms with Gasteiger partial charge >= 0.3 is 5.97 Å². The third-order valence-corrected chi connectivity index (χ3v) is 2.98. The number of aryl methyl sites for hydroxylation is 1. The quantitative estimate of drug-likeness (QED) is 0.675. The molecule has 0 unspecified atom stereocenters. The first-order valence-corrected chi connectivity index (χ1v) is 6.24. The molecular weight excluding hydrogens is 238 g/mol. The number of anilines is 1. The Morgan fingerprint density at radius 3 is 2.58 bits per heavy atom. The van der Waals surface area contributed by atoms with Crippen LogP contribution in [-0.2, 0) is 11.2 Å². The number of nitrogens with two attached hydrogens (primary N) is 1. The Morgan fingerprint density at radius 2 is 1.89 bits per heavy atom. The van der Waals surface area contributed by atoms with E-state index in [9.17, 15) is 4.79 Å². The number of ether oxygens (including phenoxy) is 1. The molecule has 0 aliphatic rings. The summed E-state index contributed by atoms with van der Waals surface area (Å²) in [5.41, 5.74) is 8.99. The van der Waals surface area contributed by atoms with Crippen LogP contribution in [0, 0.1) is 6.92 Å². The molecule has 2 rings (SSSR count). The highest BCUT2D eigenvalue weighted by atomic mass is 16.5. The van der Waals surface area contributed by atoms with Gasteiger partial charge in [0.25, 0.3) is 0 Å². The molecule has 0 saturated heterocycles. The molecule has 2 aromatic carbocycles.